The van der Waals surface area contributed by atoms with E-state index in [1.165, 1.54) is 0 Å². The van der Waals surface area contributed by atoms with E-state index in [0.717, 1.165) is 37.4 Å². The fourth-order valence-corrected chi connectivity index (χ4v) is 3.15. The van der Waals surface area contributed by atoms with Gasteiger partial charge in [-0.3, -0.25) is 4.79 Å². The highest BCUT2D eigenvalue weighted by Crippen LogP contribution is 2.35. The molecule has 0 radical (unpaired) electrons. The number of piperazine rings is 1. The van der Waals surface area contributed by atoms with Crippen molar-refractivity contribution in [1.29, 1.82) is 0 Å². The molecule has 0 saturated carbocycles. The Balaban J connectivity index is 1.81. The van der Waals surface area contributed by atoms with Crippen LogP contribution in [0.3, 0.4) is 0 Å². The summed E-state index contributed by atoms with van der Waals surface area (Å²) in [6.07, 6.45) is 0.778. The molecular weight excluding hydrogens is 252 g/mol. The summed E-state index contributed by atoms with van der Waals surface area (Å²) in [7, 11) is 0. The van der Waals surface area contributed by atoms with Gasteiger partial charge >= 0.3 is 0 Å². The zero-order valence-corrected chi connectivity index (χ0v) is 12.2. The van der Waals surface area contributed by atoms with Gasteiger partial charge < -0.3 is 15.0 Å². The second-order valence-electron chi connectivity index (χ2n) is 6.30. The highest BCUT2D eigenvalue weighted by atomic mass is 16.5. The van der Waals surface area contributed by atoms with E-state index < -0.39 is 0 Å². The van der Waals surface area contributed by atoms with Crippen molar-refractivity contribution >= 4 is 5.91 Å². The third kappa shape index (κ3) is 2.52. The molecule has 1 saturated heterocycles. The minimum absolute atomic E-state index is 0.00139. The number of nitrogens with zero attached hydrogens (tertiary/aromatic N) is 1. The molecule has 1 atom stereocenters. The van der Waals surface area contributed by atoms with E-state index in [1.54, 1.807) is 0 Å². The largest absolute Gasteiger partial charge is 0.493 e. The molecule has 4 nitrogen and oxygen atoms in total. The first-order chi connectivity index (χ1) is 9.57. The molecule has 1 aromatic rings. The number of hydrogen-bond acceptors (Lipinski definition) is 3. The van der Waals surface area contributed by atoms with Gasteiger partial charge in [-0.05, 0) is 26.3 Å². The van der Waals surface area contributed by atoms with Crippen molar-refractivity contribution in [3.63, 3.8) is 0 Å². The summed E-state index contributed by atoms with van der Waals surface area (Å²) in [4.78, 5) is 14.8. The van der Waals surface area contributed by atoms with Gasteiger partial charge in [-0.15, -0.1) is 0 Å². The summed E-state index contributed by atoms with van der Waals surface area (Å²) in [5.74, 6) is 1.07. The molecule has 1 aromatic carbocycles. The van der Waals surface area contributed by atoms with Gasteiger partial charge in [0.1, 0.15) is 5.75 Å². The second-order valence-corrected chi connectivity index (χ2v) is 6.30. The number of para-hydroxylation sites is 1. The number of fused-ring (bicyclic) bond motifs is 1. The molecule has 0 bridgehead atoms. The number of carbonyl (C=O) groups excluding carboxylic acids is 1. The maximum absolute atomic E-state index is 12.8. The number of ether oxygens (including phenoxy) is 1. The van der Waals surface area contributed by atoms with E-state index in [9.17, 15) is 4.79 Å². The van der Waals surface area contributed by atoms with E-state index in [-0.39, 0.29) is 17.4 Å². The number of benzene rings is 1. The van der Waals surface area contributed by atoms with E-state index in [2.05, 4.69) is 19.2 Å². The lowest BCUT2D eigenvalue weighted by Gasteiger charge is -2.41. The summed E-state index contributed by atoms with van der Waals surface area (Å²) < 4.78 is 5.65. The maximum Gasteiger partial charge on any atom is 0.230 e. The molecule has 108 valence electrons. The Morgan fingerprint density at radius 3 is 3.00 bits per heavy atom. The minimum Gasteiger partial charge on any atom is -0.493 e. The molecule has 0 aromatic heterocycles. The van der Waals surface area contributed by atoms with Crippen LogP contribution in [0.5, 0.6) is 5.75 Å². The highest BCUT2D eigenvalue weighted by Gasteiger charge is 2.35. The van der Waals surface area contributed by atoms with Crippen molar-refractivity contribution in [2.75, 3.05) is 26.2 Å². The van der Waals surface area contributed by atoms with Crippen LogP contribution in [0, 0.1) is 0 Å². The molecule has 0 spiro atoms. The Bertz CT molecular complexity index is 513. The van der Waals surface area contributed by atoms with Gasteiger partial charge in [-0.2, -0.15) is 0 Å². The van der Waals surface area contributed by atoms with E-state index in [1.807, 2.05) is 29.2 Å². The summed E-state index contributed by atoms with van der Waals surface area (Å²) in [5, 5.41) is 3.45. The van der Waals surface area contributed by atoms with E-state index >= 15 is 0 Å². The zero-order valence-electron chi connectivity index (χ0n) is 12.2. The first kappa shape index (κ1) is 13.4. The van der Waals surface area contributed by atoms with Gasteiger partial charge in [0.15, 0.2) is 0 Å². The van der Waals surface area contributed by atoms with Crippen LogP contribution in [-0.2, 0) is 4.79 Å². The van der Waals surface area contributed by atoms with Crippen LogP contribution in [0.1, 0.15) is 31.7 Å². The summed E-state index contributed by atoms with van der Waals surface area (Å²) >= 11 is 0. The lowest BCUT2D eigenvalue weighted by molar-refractivity contribution is -0.135. The molecule has 4 heteroatoms. The van der Waals surface area contributed by atoms with Crippen molar-refractivity contribution in [1.82, 2.24) is 10.2 Å². The molecule has 2 aliphatic heterocycles. The summed E-state index contributed by atoms with van der Waals surface area (Å²) in [5.41, 5.74) is 1.04. The molecule has 1 N–H and O–H groups in total. The van der Waals surface area contributed by atoms with Gasteiger partial charge in [-0.1, -0.05) is 18.2 Å². The maximum atomic E-state index is 12.8. The Morgan fingerprint density at radius 2 is 2.20 bits per heavy atom. The normalized spacial score (nSPS) is 24.7. The lowest BCUT2D eigenvalue weighted by Crippen LogP contribution is -2.59. The Hall–Kier alpha value is -1.55. The number of rotatable bonds is 1. The first-order valence-electron chi connectivity index (χ1n) is 7.32. The molecule has 2 aliphatic rings. The lowest BCUT2D eigenvalue weighted by atomic mass is 9.90. The van der Waals surface area contributed by atoms with Gasteiger partial charge in [-0.25, -0.2) is 0 Å². The monoisotopic (exact) mass is 274 g/mol. The highest BCUT2D eigenvalue weighted by molar-refractivity contribution is 5.85. The summed E-state index contributed by atoms with van der Waals surface area (Å²) in [6.45, 7) is 7.34. The van der Waals surface area contributed by atoms with Crippen molar-refractivity contribution in [3.8, 4) is 5.75 Å². The molecule has 20 heavy (non-hydrogen) atoms. The third-order valence-corrected chi connectivity index (χ3v) is 4.14. The van der Waals surface area contributed by atoms with Crippen LogP contribution in [-0.4, -0.2) is 42.6 Å². The van der Waals surface area contributed by atoms with Gasteiger partial charge in [0.2, 0.25) is 5.91 Å². The quantitative estimate of drug-likeness (QED) is 0.848. The van der Waals surface area contributed by atoms with Crippen LogP contribution in [0.25, 0.3) is 0 Å². The molecule has 0 aliphatic carbocycles. The van der Waals surface area contributed by atoms with Crippen molar-refractivity contribution in [2.45, 2.75) is 31.7 Å². The fourth-order valence-electron chi connectivity index (χ4n) is 3.15. The van der Waals surface area contributed by atoms with Crippen molar-refractivity contribution in [3.05, 3.63) is 29.8 Å². The van der Waals surface area contributed by atoms with E-state index in [0.29, 0.717) is 6.61 Å². The van der Waals surface area contributed by atoms with Gasteiger partial charge in [0, 0.05) is 30.7 Å². The first-order valence-corrected chi connectivity index (χ1v) is 7.32. The van der Waals surface area contributed by atoms with Crippen LogP contribution in [0.2, 0.25) is 0 Å². The van der Waals surface area contributed by atoms with E-state index in [4.69, 9.17) is 4.74 Å². The number of amides is 1. The topological polar surface area (TPSA) is 41.6 Å². The molecular formula is C16H22N2O2. The van der Waals surface area contributed by atoms with Crippen molar-refractivity contribution < 1.29 is 9.53 Å². The van der Waals surface area contributed by atoms with Crippen LogP contribution in [0.15, 0.2) is 24.3 Å². The Kier molecular flexibility index (Phi) is 3.42. The summed E-state index contributed by atoms with van der Waals surface area (Å²) in [6, 6.07) is 7.91. The smallest absolute Gasteiger partial charge is 0.230 e. The Morgan fingerprint density at radius 1 is 1.40 bits per heavy atom. The second kappa shape index (κ2) is 5.09. The predicted molar refractivity (Wildman–Crippen MR) is 78.0 cm³/mol. The number of carbonyl (C=O) groups is 1. The molecule has 1 unspecified atom stereocenters. The number of nitrogens with one attached hydrogen (secondary N) is 1. The Labute approximate surface area is 120 Å². The SMILES string of the molecule is CC1(C)CN(C(=O)C2CCOc3ccccc32)CCN1. The molecule has 1 fully saturated rings. The molecule has 1 amide bonds. The molecule has 3 rings (SSSR count). The number of hydrogen-bond donors (Lipinski definition) is 1. The average Bonchev–Trinajstić information content (AvgIpc) is 2.45. The van der Waals surface area contributed by atoms with Crippen LogP contribution >= 0.6 is 0 Å². The van der Waals surface area contributed by atoms with Gasteiger partial charge in [0.25, 0.3) is 0 Å². The van der Waals surface area contributed by atoms with Crippen LogP contribution in [0.4, 0.5) is 0 Å². The minimum atomic E-state index is -0.0474. The molecule has 2 heterocycles. The average molecular weight is 274 g/mol. The predicted octanol–water partition coefficient (Wildman–Crippen LogP) is 1.76. The van der Waals surface area contributed by atoms with Gasteiger partial charge in [0.05, 0.1) is 12.5 Å². The third-order valence-electron chi connectivity index (χ3n) is 4.14. The fraction of sp³-hybridized carbons (Fsp3) is 0.562. The van der Waals surface area contributed by atoms with Crippen LogP contribution < -0.4 is 10.1 Å². The zero-order chi connectivity index (χ0) is 14.2. The van der Waals surface area contributed by atoms with Crippen molar-refractivity contribution in [2.24, 2.45) is 0 Å². The standard InChI is InChI=1S/C16H22N2O2/c1-16(2)11-18(9-8-17-16)15(19)13-7-10-20-14-6-4-3-5-12(13)14/h3-6,13,17H,7-11H2,1-2H3.